The molecule has 1 aliphatic carbocycles. The molecular formula is C13H23BrO. The summed E-state index contributed by atoms with van der Waals surface area (Å²) in [5.74, 6) is 1.78. The largest absolute Gasteiger partial charge is 0.374 e. The number of hydrogen-bond acceptors (Lipinski definition) is 1. The quantitative estimate of drug-likeness (QED) is 0.688. The molecule has 1 aliphatic heterocycles. The van der Waals surface area contributed by atoms with Crippen LogP contribution in [-0.4, -0.2) is 17.5 Å². The standard InChI is InChI=1S/C13H23BrO/c1-10-4-2-5-11(8-10)13-7-3-6-12(9-14)15-13/h10-13H,2-9H2,1H3. The Morgan fingerprint density at radius 1 is 1.13 bits per heavy atom. The van der Waals surface area contributed by atoms with Crippen molar-refractivity contribution in [2.24, 2.45) is 11.8 Å². The van der Waals surface area contributed by atoms with Gasteiger partial charge in [-0.15, -0.1) is 0 Å². The van der Waals surface area contributed by atoms with Crippen LogP contribution in [0.2, 0.25) is 0 Å². The van der Waals surface area contributed by atoms with Crippen LogP contribution in [0.4, 0.5) is 0 Å². The fourth-order valence-electron chi connectivity index (χ4n) is 3.21. The molecule has 4 atom stereocenters. The summed E-state index contributed by atoms with van der Waals surface area (Å²) in [6.45, 7) is 2.40. The van der Waals surface area contributed by atoms with E-state index in [2.05, 4.69) is 22.9 Å². The number of rotatable bonds is 2. The van der Waals surface area contributed by atoms with Crippen LogP contribution < -0.4 is 0 Å². The summed E-state index contributed by atoms with van der Waals surface area (Å²) >= 11 is 3.55. The number of ether oxygens (including phenoxy) is 1. The van der Waals surface area contributed by atoms with Gasteiger partial charge >= 0.3 is 0 Å². The highest BCUT2D eigenvalue weighted by Crippen LogP contribution is 2.36. The molecule has 2 heteroatoms. The minimum atomic E-state index is 0.487. The van der Waals surface area contributed by atoms with Crippen molar-refractivity contribution < 1.29 is 4.74 Å². The Balaban J connectivity index is 1.86. The highest BCUT2D eigenvalue weighted by atomic mass is 79.9. The Kier molecular flexibility index (Phi) is 4.51. The molecule has 0 aromatic rings. The average molecular weight is 275 g/mol. The second-order valence-corrected chi connectivity index (χ2v) is 6.06. The van der Waals surface area contributed by atoms with Crippen molar-refractivity contribution in [3.8, 4) is 0 Å². The molecule has 15 heavy (non-hydrogen) atoms. The summed E-state index contributed by atoms with van der Waals surface area (Å²) in [5, 5.41) is 1.02. The first-order valence-corrected chi connectivity index (χ1v) is 7.63. The summed E-state index contributed by atoms with van der Waals surface area (Å²) < 4.78 is 6.18. The van der Waals surface area contributed by atoms with E-state index in [0.717, 1.165) is 17.2 Å². The van der Waals surface area contributed by atoms with Crippen LogP contribution in [0, 0.1) is 11.8 Å². The van der Waals surface area contributed by atoms with Gasteiger partial charge in [0.2, 0.25) is 0 Å². The van der Waals surface area contributed by atoms with E-state index in [-0.39, 0.29) is 0 Å². The molecule has 0 amide bonds. The lowest BCUT2D eigenvalue weighted by molar-refractivity contribution is -0.0766. The minimum Gasteiger partial charge on any atom is -0.374 e. The van der Waals surface area contributed by atoms with Crippen LogP contribution in [0.15, 0.2) is 0 Å². The van der Waals surface area contributed by atoms with Crippen molar-refractivity contribution in [2.45, 2.75) is 64.1 Å². The Hall–Kier alpha value is 0.440. The highest BCUT2D eigenvalue weighted by Gasteiger charge is 2.31. The van der Waals surface area contributed by atoms with Gasteiger partial charge in [-0.25, -0.2) is 0 Å². The molecule has 0 radical (unpaired) electrons. The smallest absolute Gasteiger partial charge is 0.0675 e. The summed E-state index contributed by atoms with van der Waals surface area (Å²) in [4.78, 5) is 0. The predicted octanol–water partition coefficient (Wildman–Crippen LogP) is 4.15. The second-order valence-electron chi connectivity index (χ2n) is 5.41. The molecule has 1 saturated heterocycles. The minimum absolute atomic E-state index is 0.487. The number of hydrogen-bond donors (Lipinski definition) is 0. The fourth-order valence-corrected chi connectivity index (χ4v) is 3.69. The summed E-state index contributed by atoms with van der Waals surface area (Å²) in [6, 6.07) is 0. The summed E-state index contributed by atoms with van der Waals surface area (Å²) in [5.41, 5.74) is 0. The molecule has 0 spiro atoms. The van der Waals surface area contributed by atoms with Crippen LogP contribution in [0.5, 0.6) is 0 Å². The van der Waals surface area contributed by atoms with Crippen molar-refractivity contribution in [3.05, 3.63) is 0 Å². The van der Waals surface area contributed by atoms with Crippen molar-refractivity contribution in [3.63, 3.8) is 0 Å². The van der Waals surface area contributed by atoms with Gasteiger partial charge in [0.1, 0.15) is 0 Å². The second kappa shape index (κ2) is 5.67. The summed E-state index contributed by atoms with van der Waals surface area (Å²) in [7, 11) is 0. The topological polar surface area (TPSA) is 9.23 Å². The Morgan fingerprint density at radius 2 is 1.93 bits per heavy atom. The van der Waals surface area contributed by atoms with Crippen molar-refractivity contribution >= 4 is 15.9 Å². The maximum Gasteiger partial charge on any atom is 0.0675 e. The molecule has 0 aromatic carbocycles. The van der Waals surface area contributed by atoms with Gasteiger partial charge in [-0.3, -0.25) is 0 Å². The number of halogens is 1. The van der Waals surface area contributed by atoms with Gasteiger partial charge in [-0.2, -0.15) is 0 Å². The lowest BCUT2D eigenvalue weighted by Crippen LogP contribution is -2.36. The van der Waals surface area contributed by atoms with E-state index in [0.29, 0.717) is 12.2 Å². The number of alkyl halides is 1. The molecular weight excluding hydrogens is 252 g/mol. The van der Waals surface area contributed by atoms with Crippen LogP contribution in [0.25, 0.3) is 0 Å². The first-order chi connectivity index (χ1) is 7.29. The van der Waals surface area contributed by atoms with Gasteiger partial charge in [-0.1, -0.05) is 35.7 Å². The van der Waals surface area contributed by atoms with Crippen LogP contribution in [0.3, 0.4) is 0 Å². The zero-order chi connectivity index (χ0) is 10.7. The van der Waals surface area contributed by atoms with Crippen molar-refractivity contribution in [2.75, 3.05) is 5.33 Å². The molecule has 2 aliphatic rings. The molecule has 0 aromatic heterocycles. The van der Waals surface area contributed by atoms with Crippen molar-refractivity contribution in [1.29, 1.82) is 0 Å². The zero-order valence-electron chi connectivity index (χ0n) is 9.75. The predicted molar refractivity (Wildman–Crippen MR) is 67.4 cm³/mol. The van der Waals surface area contributed by atoms with E-state index in [1.165, 1.54) is 44.9 Å². The SMILES string of the molecule is CC1CCCC(C2CCCC(CBr)O2)C1. The van der Waals surface area contributed by atoms with Crippen LogP contribution in [0.1, 0.15) is 51.9 Å². The molecule has 2 fully saturated rings. The van der Waals surface area contributed by atoms with Gasteiger partial charge in [0, 0.05) is 5.33 Å². The Labute approximate surface area is 102 Å². The lowest BCUT2D eigenvalue weighted by Gasteiger charge is -2.38. The van der Waals surface area contributed by atoms with E-state index in [9.17, 15) is 0 Å². The van der Waals surface area contributed by atoms with E-state index in [1.54, 1.807) is 0 Å². The molecule has 2 rings (SSSR count). The first-order valence-electron chi connectivity index (χ1n) is 6.51. The monoisotopic (exact) mass is 274 g/mol. The maximum atomic E-state index is 6.18. The molecule has 0 bridgehead atoms. The molecule has 1 heterocycles. The highest BCUT2D eigenvalue weighted by molar-refractivity contribution is 9.09. The normalized spacial score (nSPS) is 42.8. The third-order valence-electron chi connectivity index (χ3n) is 4.06. The molecule has 0 N–H and O–H groups in total. The van der Waals surface area contributed by atoms with E-state index in [1.807, 2.05) is 0 Å². The van der Waals surface area contributed by atoms with E-state index in [4.69, 9.17) is 4.74 Å². The lowest BCUT2D eigenvalue weighted by atomic mass is 9.77. The fraction of sp³-hybridized carbons (Fsp3) is 1.00. The molecule has 4 unspecified atom stereocenters. The molecule has 1 nitrogen and oxygen atoms in total. The van der Waals surface area contributed by atoms with Gasteiger partial charge in [-0.05, 0) is 43.9 Å². The zero-order valence-corrected chi connectivity index (χ0v) is 11.3. The van der Waals surface area contributed by atoms with E-state index >= 15 is 0 Å². The van der Waals surface area contributed by atoms with Crippen molar-refractivity contribution in [1.82, 2.24) is 0 Å². The van der Waals surface area contributed by atoms with Crippen LogP contribution >= 0.6 is 15.9 Å². The molecule has 88 valence electrons. The van der Waals surface area contributed by atoms with Gasteiger partial charge in [0.25, 0.3) is 0 Å². The van der Waals surface area contributed by atoms with Gasteiger partial charge in [0.15, 0.2) is 0 Å². The summed E-state index contributed by atoms with van der Waals surface area (Å²) in [6.07, 6.45) is 10.7. The van der Waals surface area contributed by atoms with Gasteiger partial charge < -0.3 is 4.74 Å². The third kappa shape index (κ3) is 3.20. The average Bonchev–Trinajstić information content (AvgIpc) is 2.29. The van der Waals surface area contributed by atoms with Gasteiger partial charge in [0.05, 0.1) is 12.2 Å². The van der Waals surface area contributed by atoms with Crippen LogP contribution in [-0.2, 0) is 4.74 Å². The first kappa shape index (κ1) is 11.9. The Bertz CT molecular complexity index is 195. The third-order valence-corrected chi connectivity index (χ3v) is 4.78. The van der Waals surface area contributed by atoms with E-state index < -0.39 is 0 Å². The Morgan fingerprint density at radius 3 is 2.67 bits per heavy atom. The maximum absolute atomic E-state index is 6.18. The molecule has 1 saturated carbocycles.